The summed E-state index contributed by atoms with van der Waals surface area (Å²) in [6.07, 6.45) is 3.47. The van der Waals surface area contributed by atoms with Gasteiger partial charge in [0.05, 0.1) is 18.6 Å². The minimum absolute atomic E-state index is 0.181. The summed E-state index contributed by atoms with van der Waals surface area (Å²) < 4.78 is 7.43. The maximum absolute atomic E-state index is 12.8. The van der Waals surface area contributed by atoms with E-state index in [4.69, 9.17) is 4.74 Å². The highest BCUT2D eigenvalue weighted by Gasteiger charge is 2.41. The van der Waals surface area contributed by atoms with Crippen molar-refractivity contribution in [1.29, 1.82) is 0 Å². The monoisotopic (exact) mass is 370 g/mol. The highest BCUT2D eigenvalue weighted by Crippen LogP contribution is 2.42. The number of nitrogens with zero attached hydrogens (tertiary/aromatic N) is 3. The first-order chi connectivity index (χ1) is 12.7. The molecule has 4 rings (SSSR count). The lowest BCUT2D eigenvalue weighted by Gasteiger charge is -2.36. The van der Waals surface area contributed by atoms with Gasteiger partial charge in [-0.15, -0.1) is 5.10 Å². The number of aromatic nitrogens is 3. The van der Waals surface area contributed by atoms with E-state index in [0.717, 1.165) is 34.3 Å². The van der Waals surface area contributed by atoms with Gasteiger partial charge in [0.1, 0.15) is 11.5 Å². The lowest BCUT2D eigenvalue weighted by atomic mass is 9.81. The molecule has 0 fully saturated rings. The zero-order chi connectivity index (χ0) is 18.1. The lowest BCUT2D eigenvalue weighted by Crippen LogP contribution is -2.38. The van der Waals surface area contributed by atoms with Crippen molar-refractivity contribution in [2.24, 2.45) is 5.92 Å². The highest BCUT2D eigenvalue weighted by molar-refractivity contribution is 7.99. The minimum atomic E-state index is -0.240. The summed E-state index contributed by atoms with van der Waals surface area (Å²) in [6.45, 7) is 4.67. The number of carbonyl (C=O) groups is 1. The zero-order valence-corrected chi connectivity index (χ0v) is 15.8. The Bertz CT molecular complexity index is 844. The number of hydrogen-bond donors (Lipinski definition) is 1. The first-order valence-corrected chi connectivity index (χ1v) is 10.0. The van der Waals surface area contributed by atoms with Gasteiger partial charge in [-0.1, -0.05) is 36.9 Å². The van der Waals surface area contributed by atoms with Crippen molar-refractivity contribution < 1.29 is 9.53 Å². The molecule has 0 saturated carbocycles. The molecular formula is C19H22N4O2S. The van der Waals surface area contributed by atoms with Crippen molar-refractivity contribution in [2.45, 2.75) is 37.9 Å². The molecule has 0 saturated heterocycles. The number of thioether (sulfide) groups is 1. The van der Waals surface area contributed by atoms with E-state index in [1.807, 2.05) is 35.9 Å². The Balaban J connectivity index is 1.79. The SMILES string of the molecule is CCOc1ccc([C@@H]2[C@H]3C(=O)CCC=C3Nc3nc(SCC)nn32)cc1. The van der Waals surface area contributed by atoms with Gasteiger partial charge in [0, 0.05) is 12.1 Å². The van der Waals surface area contributed by atoms with Crippen LogP contribution in [0.3, 0.4) is 0 Å². The quantitative estimate of drug-likeness (QED) is 0.810. The fraction of sp³-hybridized carbons (Fsp3) is 0.421. The van der Waals surface area contributed by atoms with Gasteiger partial charge < -0.3 is 10.1 Å². The third kappa shape index (κ3) is 3.00. The number of anilines is 1. The van der Waals surface area contributed by atoms with Crippen LogP contribution in [0.5, 0.6) is 5.75 Å². The zero-order valence-electron chi connectivity index (χ0n) is 14.9. The van der Waals surface area contributed by atoms with E-state index in [-0.39, 0.29) is 17.7 Å². The summed E-state index contributed by atoms with van der Waals surface area (Å²) in [5, 5.41) is 8.74. The van der Waals surface area contributed by atoms with Crippen molar-refractivity contribution in [3.8, 4) is 5.75 Å². The Morgan fingerprint density at radius 3 is 2.85 bits per heavy atom. The van der Waals surface area contributed by atoms with Crippen molar-refractivity contribution in [1.82, 2.24) is 14.8 Å². The molecule has 0 unspecified atom stereocenters. The van der Waals surface area contributed by atoms with Crippen molar-refractivity contribution >= 4 is 23.5 Å². The average Bonchev–Trinajstić information content (AvgIpc) is 3.03. The van der Waals surface area contributed by atoms with E-state index < -0.39 is 0 Å². The molecule has 0 radical (unpaired) electrons. The number of Topliss-reactive ketones (excluding diaryl/α,β-unsaturated/α-hetero) is 1. The molecule has 1 aromatic carbocycles. The van der Waals surface area contributed by atoms with E-state index in [2.05, 4.69) is 28.4 Å². The standard InChI is InChI=1S/C19H22N4O2S/c1-3-25-13-10-8-12(9-11-13)17-16-14(6-5-7-15(16)24)20-18-21-19(26-4-2)22-23(17)18/h6,8-11,16-17H,3-5,7H2,1-2H3,(H,20,21,22)/t16-,17-/m1/s1. The molecule has 6 nitrogen and oxygen atoms in total. The first-order valence-electron chi connectivity index (χ1n) is 9.03. The van der Waals surface area contributed by atoms with Crippen molar-refractivity contribution in [3.05, 3.63) is 41.6 Å². The summed E-state index contributed by atoms with van der Waals surface area (Å²) in [5.41, 5.74) is 1.99. The van der Waals surface area contributed by atoms with Gasteiger partial charge in [0.2, 0.25) is 11.1 Å². The fourth-order valence-electron chi connectivity index (χ4n) is 3.61. The predicted octanol–water partition coefficient (Wildman–Crippen LogP) is 3.67. The number of nitrogens with one attached hydrogen (secondary N) is 1. The number of ether oxygens (including phenoxy) is 1. The van der Waals surface area contributed by atoms with Crippen LogP contribution in [0.15, 0.2) is 41.2 Å². The van der Waals surface area contributed by atoms with Gasteiger partial charge in [-0.3, -0.25) is 4.79 Å². The summed E-state index contributed by atoms with van der Waals surface area (Å²) in [5.74, 6) is 2.45. The topological polar surface area (TPSA) is 69.0 Å². The van der Waals surface area contributed by atoms with Gasteiger partial charge in [0.25, 0.3) is 0 Å². The molecular weight excluding hydrogens is 348 g/mol. The third-order valence-electron chi connectivity index (χ3n) is 4.69. The average molecular weight is 370 g/mol. The normalized spacial score (nSPS) is 21.5. The molecule has 2 heterocycles. The number of hydrogen-bond acceptors (Lipinski definition) is 6. The second kappa shape index (κ2) is 7.15. The van der Waals surface area contributed by atoms with Crippen LogP contribution in [-0.2, 0) is 4.79 Å². The second-order valence-corrected chi connectivity index (χ2v) is 7.54. The fourth-order valence-corrected chi connectivity index (χ4v) is 4.16. The van der Waals surface area contributed by atoms with Crippen molar-refractivity contribution in [3.63, 3.8) is 0 Å². The van der Waals surface area contributed by atoms with E-state index >= 15 is 0 Å². The maximum Gasteiger partial charge on any atom is 0.227 e. The molecule has 1 aliphatic heterocycles. The number of rotatable bonds is 5. The van der Waals surface area contributed by atoms with Crippen LogP contribution in [0.4, 0.5) is 5.95 Å². The minimum Gasteiger partial charge on any atom is -0.494 e. The Labute approximate surface area is 157 Å². The van der Waals surface area contributed by atoms with E-state index in [9.17, 15) is 4.79 Å². The molecule has 0 amide bonds. The molecule has 0 spiro atoms. The summed E-state index contributed by atoms with van der Waals surface area (Å²) in [7, 11) is 0. The molecule has 0 bridgehead atoms. The van der Waals surface area contributed by atoms with Crippen LogP contribution in [0.2, 0.25) is 0 Å². The number of fused-ring (bicyclic) bond motifs is 2. The van der Waals surface area contributed by atoms with Gasteiger partial charge in [0.15, 0.2) is 0 Å². The van der Waals surface area contributed by atoms with E-state index in [1.54, 1.807) is 11.8 Å². The van der Waals surface area contributed by atoms with Crippen LogP contribution >= 0.6 is 11.8 Å². The molecule has 26 heavy (non-hydrogen) atoms. The van der Waals surface area contributed by atoms with Crippen LogP contribution in [0, 0.1) is 5.92 Å². The van der Waals surface area contributed by atoms with Gasteiger partial charge in [-0.05, 0) is 36.8 Å². The third-order valence-corrected chi connectivity index (χ3v) is 5.41. The molecule has 1 N–H and O–H groups in total. The summed E-state index contributed by atoms with van der Waals surface area (Å²) >= 11 is 1.60. The number of carbonyl (C=O) groups excluding carboxylic acids is 1. The molecule has 1 aromatic heterocycles. The van der Waals surface area contributed by atoms with Crippen LogP contribution in [0.25, 0.3) is 0 Å². The number of allylic oxidation sites excluding steroid dienone is 2. The van der Waals surface area contributed by atoms with Crippen LogP contribution in [0.1, 0.15) is 38.3 Å². The number of benzene rings is 1. The van der Waals surface area contributed by atoms with Gasteiger partial charge in [-0.2, -0.15) is 4.98 Å². The van der Waals surface area contributed by atoms with E-state index in [1.165, 1.54) is 0 Å². The Hall–Kier alpha value is -2.28. The van der Waals surface area contributed by atoms with Crippen LogP contribution < -0.4 is 10.1 Å². The maximum atomic E-state index is 12.8. The lowest BCUT2D eigenvalue weighted by molar-refractivity contribution is -0.123. The molecule has 2 atom stereocenters. The van der Waals surface area contributed by atoms with Gasteiger partial charge >= 0.3 is 0 Å². The van der Waals surface area contributed by atoms with Gasteiger partial charge in [-0.25, -0.2) is 4.68 Å². The second-order valence-electron chi connectivity index (χ2n) is 6.31. The van der Waals surface area contributed by atoms with Crippen LogP contribution in [-0.4, -0.2) is 32.9 Å². The largest absolute Gasteiger partial charge is 0.494 e. The molecule has 2 aromatic rings. The predicted molar refractivity (Wildman–Crippen MR) is 102 cm³/mol. The Kier molecular flexibility index (Phi) is 4.72. The van der Waals surface area contributed by atoms with Crippen molar-refractivity contribution in [2.75, 3.05) is 17.7 Å². The molecule has 2 aliphatic rings. The summed E-state index contributed by atoms with van der Waals surface area (Å²) in [6, 6.07) is 7.78. The Morgan fingerprint density at radius 1 is 1.31 bits per heavy atom. The molecule has 136 valence electrons. The Morgan fingerprint density at radius 2 is 2.12 bits per heavy atom. The van der Waals surface area contributed by atoms with E-state index in [0.29, 0.717) is 19.0 Å². The molecule has 7 heteroatoms. The smallest absolute Gasteiger partial charge is 0.227 e. The number of ketones is 1. The molecule has 1 aliphatic carbocycles. The summed E-state index contributed by atoms with van der Waals surface area (Å²) in [4.78, 5) is 17.4. The first kappa shape index (κ1) is 17.1. The highest BCUT2D eigenvalue weighted by atomic mass is 32.2.